The van der Waals surface area contributed by atoms with E-state index in [1.807, 2.05) is 44.3 Å². The van der Waals surface area contributed by atoms with Gasteiger partial charge in [-0.1, -0.05) is 18.2 Å². The summed E-state index contributed by atoms with van der Waals surface area (Å²) in [6.45, 7) is 2.91. The summed E-state index contributed by atoms with van der Waals surface area (Å²) in [5.41, 5.74) is 2.98. The molecule has 0 fully saturated rings. The molecule has 1 aliphatic rings. The van der Waals surface area contributed by atoms with E-state index in [2.05, 4.69) is 10.2 Å². The summed E-state index contributed by atoms with van der Waals surface area (Å²) in [5, 5.41) is 7.06. The van der Waals surface area contributed by atoms with Crippen molar-refractivity contribution < 1.29 is 9.53 Å². The van der Waals surface area contributed by atoms with Gasteiger partial charge in [-0.25, -0.2) is 0 Å². The molecular formula is C16H19N3O2. The van der Waals surface area contributed by atoms with Crippen molar-refractivity contribution in [2.24, 2.45) is 5.92 Å². The van der Waals surface area contributed by atoms with Crippen molar-refractivity contribution >= 4 is 5.91 Å². The Morgan fingerprint density at radius 3 is 3.05 bits per heavy atom. The molecule has 5 heteroatoms. The second-order valence-corrected chi connectivity index (χ2v) is 5.56. The molecular weight excluding hydrogens is 266 g/mol. The average molecular weight is 285 g/mol. The van der Waals surface area contributed by atoms with Gasteiger partial charge in [-0.15, -0.1) is 0 Å². The summed E-state index contributed by atoms with van der Waals surface area (Å²) in [6, 6.07) is 9.85. The third-order valence-corrected chi connectivity index (χ3v) is 3.76. The van der Waals surface area contributed by atoms with Crippen LogP contribution in [-0.4, -0.2) is 34.7 Å². The van der Waals surface area contributed by atoms with E-state index in [1.54, 1.807) is 4.90 Å². The molecule has 2 heterocycles. The highest BCUT2D eigenvalue weighted by molar-refractivity contribution is 5.79. The fourth-order valence-corrected chi connectivity index (χ4v) is 2.67. The molecule has 0 bridgehead atoms. The Bertz CT molecular complexity index is 650. The summed E-state index contributed by atoms with van der Waals surface area (Å²) in [4.78, 5) is 14.2. The fraction of sp³-hybridized carbons (Fsp3) is 0.375. The minimum Gasteiger partial charge on any atom is -0.492 e. The first-order valence-corrected chi connectivity index (χ1v) is 7.10. The third kappa shape index (κ3) is 2.91. The number of hydrogen-bond acceptors (Lipinski definition) is 3. The molecule has 0 saturated carbocycles. The maximum Gasteiger partial charge on any atom is 0.229 e. The number of fused-ring (bicyclic) bond motifs is 1. The lowest BCUT2D eigenvalue weighted by molar-refractivity contribution is -0.136. The van der Waals surface area contributed by atoms with Crippen LogP contribution in [0, 0.1) is 12.8 Å². The van der Waals surface area contributed by atoms with E-state index >= 15 is 0 Å². The number of aromatic amines is 1. The molecule has 110 valence electrons. The van der Waals surface area contributed by atoms with Crippen molar-refractivity contribution in [2.45, 2.75) is 19.9 Å². The largest absolute Gasteiger partial charge is 0.492 e. The molecule has 5 nitrogen and oxygen atoms in total. The predicted molar refractivity (Wildman–Crippen MR) is 78.9 cm³/mol. The second-order valence-electron chi connectivity index (χ2n) is 5.56. The summed E-state index contributed by atoms with van der Waals surface area (Å²) in [7, 11) is 1.81. The lowest BCUT2D eigenvalue weighted by Crippen LogP contribution is -2.38. The molecule has 0 spiro atoms. The predicted octanol–water partition coefficient (Wildman–Crippen LogP) is 1.93. The molecule has 0 radical (unpaired) electrons. The van der Waals surface area contributed by atoms with Gasteiger partial charge in [-0.2, -0.15) is 5.10 Å². The number of rotatable bonds is 3. The SMILES string of the molecule is Cc1cc(CN(C)C(=O)C2COc3ccccc3C2)n[nH]1. The Morgan fingerprint density at radius 1 is 1.48 bits per heavy atom. The zero-order valence-corrected chi connectivity index (χ0v) is 12.3. The van der Waals surface area contributed by atoms with Gasteiger partial charge in [-0.3, -0.25) is 9.89 Å². The minimum absolute atomic E-state index is 0.102. The van der Waals surface area contributed by atoms with Crippen LogP contribution in [0.3, 0.4) is 0 Å². The highest BCUT2D eigenvalue weighted by Gasteiger charge is 2.28. The van der Waals surface area contributed by atoms with Crippen LogP contribution < -0.4 is 4.74 Å². The number of H-pyrrole nitrogens is 1. The maximum absolute atomic E-state index is 12.5. The Hall–Kier alpha value is -2.30. The van der Waals surface area contributed by atoms with Gasteiger partial charge in [0, 0.05) is 12.7 Å². The number of hydrogen-bond donors (Lipinski definition) is 1. The molecule has 21 heavy (non-hydrogen) atoms. The number of aromatic nitrogens is 2. The number of benzene rings is 1. The molecule has 2 aromatic rings. The van der Waals surface area contributed by atoms with Crippen molar-refractivity contribution in [2.75, 3.05) is 13.7 Å². The molecule has 1 unspecified atom stereocenters. The van der Waals surface area contributed by atoms with Crippen LogP contribution in [0.5, 0.6) is 5.75 Å². The van der Waals surface area contributed by atoms with E-state index in [-0.39, 0.29) is 11.8 Å². The van der Waals surface area contributed by atoms with E-state index < -0.39 is 0 Å². The topological polar surface area (TPSA) is 58.2 Å². The van der Waals surface area contributed by atoms with Crippen LogP contribution in [0.25, 0.3) is 0 Å². The molecule has 1 amide bonds. The Morgan fingerprint density at radius 2 is 2.29 bits per heavy atom. The number of nitrogens with one attached hydrogen (secondary N) is 1. The molecule has 0 saturated heterocycles. The van der Waals surface area contributed by atoms with E-state index in [1.165, 1.54) is 0 Å². The first kappa shape index (κ1) is 13.7. The zero-order chi connectivity index (χ0) is 14.8. The van der Waals surface area contributed by atoms with Crippen LogP contribution in [0.4, 0.5) is 0 Å². The van der Waals surface area contributed by atoms with E-state index in [4.69, 9.17) is 4.74 Å². The Labute approximate surface area is 123 Å². The number of aryl methyl sites for hydroxylation is 1. The zero-order valence-electron chi connectivity index (χ0n) is 12.3. The van der Waals surface area contributed by atoms with E-state index in [0.717, 1.165) is 29.1 Å². The minimum atomic E-state index is -0.120. The number of para-hydroxylation sites is 1. The normalized spacial score (nSPS) is 17.0. The van der Waals surface area contributed by atoms with Crippen molar-refractivity contribution in [1.29, 1.82) is 0 Å². The summed E-state index contributed by atoms with van der Waals surface area (Å²) in [6.07, 6.45) is 0.735. The van der Waals surface area contributed by atoms with Gasteiger partial charge in [-0.05, 0) is 31.0 Å². The molecule has 1 aromatic heterocycles. The number of nitrogens with zero attached hydrogens (tertiary/aromatic N) is 2. The molecule has 1 aliphatic heterocycles. The fourth-order valence-electron chi connectivity index (χ4n) is 2.67. The first-order valence-electron chi connectivity index (χ1n) is 7.10. The van der Waals surface area contributed by atoms with Gasteiger partial charge < -0.3 is 9.64 Å². The maximum atomic E-state index is 12.5. The van der Waals surface area contributed by atoms with Gasteiger partial charge >= 0.3 is 0 Å². The van der Waals surface area contributed by atoms with Crippen LogP contribution in [0.1, 0.15) is 17.0 Å². The van der Waals surface area contributed by atoms with Crippen LogP contribution in [0.2, 0.25) is 0 Å². The van der Waals surface area contributed by atoms with Gasteiger partial charge in [0.1, 0.15) is 12.4 Å². The number of amides is 1. The van der Waals surface area contributed by atoms with Crippen molar-refractivity contribution in [3.05, 3.63) is 47.3 Å². The third-order valence-electron chi connectivity index (χ3n) is 3.76. The summed E-state index contributed by atoms with van der Waals surface area (Å²) < 4.78 is 5.69. The van der Waals surface area contributed by atoms with Gasteiger partial charge in [0.2, 0.25) is 5.91 Å². The number of carbonyl (C=O) groups excluding carboxylic acids is 1. The highest BCUT2D eigenvalue weighted by Crippen LogP contribution is 2.27. The average Bonchev–Trinajstić information content (AvgIpc) is 2.91. The van der Waals surface area contributed by atoms with Gasteiger partial charge in [0.25, 0.3) is 0 Å². The monoisotopic (exact) mass is 285 g/mol. The Balaban J connectivity index is 1.66. The molecule has 1 aromatic carbocycles. The molecule has 0 aliphatic carbocycles. The summed E-state index contributed by atoms with van der Waals surface area (Å²) in [5.74, 6) is 0.877. The second kappa shape index (κ2) is 5.60. The number of ether oxygens (including phenoxy) is 1. The van der Waals surface area contributed by atoms with Gasteiger partial charge in [0.05, 0.1) is 18.2 Å². The highest BCUT2D eigenvalue weighted by atomic mass is 16.5. The van der Waals surface area contributed by atoms with Gasteiger partial charge in [0.15, 0.2) is 0 Å². The first-order chi connectivity index (χ1) is 10.1. The van der Waals surface area contributed by atoms with E-state index in [9.17, 15) is 4.79 Å². The van der Waals surface area contributed by atoms with Crippen LogP contribution >= 0.6 is 0 Å². The number of carbonyl (C=O) groups is 1. The van der Waals surface area contributed by atoms with Crippen molar-refractivity contribution in [1.82, 2.24) is 15.1 Å². The lowest BCUT2D eigenvalue weighted by atomic mass is 9.95. The molecule has 3 rings (SSSR count). The Kier molecular flexibility index (Phi) is 3.64. The van der Waals surface area contributed by atoms with Crippen LogP contribution in [-0.2, 0) is 17.8 Å². The van der Waals surface area contributed by atoms with Crippen LogP contribution in [0.15, 0.2) is 30.3 Å². The van der Waals surface area contributed by atoms with E-state index in [0.29, 0.717) is 13.2 Å². The molecule has 1 atom stereocenters. The molecule has 1 N–H and O–H groups in total. The van der Waals surface area contributed by atoms with Crippen molar-refractivity contribution in [3.8, 4) is 5.75 Å². The lowest BCUT2D eigenvalue weighted by Gasteiger charge is -2.27. The quantitative estimate of drug-likeness (QED) is 0.937. The standard InChI is InChI=1S/C16H19N3O2/c1-11-7-14(18-17-11)9-19(2)16(20)13-8-12-5-3-4-6-15(12)21-10-13/h3-7,13H,8-10H2,1-2H3,(H,17,18). The summed E-state index contributed by atoms with van der Waals surface area (Å²) >= 11 is 0. The van der Waals surface area contributed by atoms with Crippen molar-refractivity contribution in [3.63, 3.8) is 0 Å². The smallest absolute Gasteiger partial charge is 0.229 e.